The number of fused-ring (bicyclic) bond motifs is 5. The predicted octanol–water partition coefficient (Wildman–Crippen LogP) is 2.76. The molecule has 0 spiro atoms. The van der Waals surface area contributed by atoms with Gasteiger partial charge >= 0.3 is 0 Å². The van der Waals surface area contributed by atoms with Crippen molar-refractivity contribution >= 4 is 0 Å². The second kappa shape index (κ2) is 9.27. The Kier molecular flexibility index (Phi) is 6.83. The molecule has 4 N–H and O–H groups in total. The average Bonchev–Trinajstić information content (AvgIpc) is 3.10. The van der Waals surface area contributed by atoms with Crippen LogP contribution in [-0.2, 0) is 9.47 Å². The van der Waals surface area contributed by atoms with E-state index in [2.05, 4.69) is 13.8 Å². The van der Waals surface area contributed by atoms with Crippen LogP contribution in [0.1, 0.15) is 78.6 Å². The number of hydrogen-bond acceptors (Lipinski definition) is 8. The molecule has 0 bridgehead atoms. The molecule has 5 fully saturated rings. The highest BCUT2D eigenvalue weighted by molar-refractivity contribution is 5.19. The maximum atomic E-state index is 12.2. The zero-order valence-corrected chi connectivity index (χ0v) is 21.7. The van der Waals surface area contributed by atoms with E-state index in [9.17, 15) is 30.5 Å². The van der Waals surface area contributed by atoms with Gasteiger partial charge in [-0.05, 0) is 99.9 Å². The van der Waals surface area contributed by atoms with Gasteiger partial charge in [0.2, 0.25) is 6.20 Å². The molecule has 0 aromatic carbocycles. The fourth-order valence-electron chi connectivity index (χ4n) is 9.15. The highest BCUT2D eigenvalue weighted by atomic mass is 16.7. The molecule has 204 valence electrons. The van der Waals surface area contributed by atoms with Gasteiger partial charge in [-0.1, -0.05) is 13.8 Å². The molecule has 1 aliphatic heterocycles. The quantitative estimate of drug-likeness (QED) is 0.257. The molecular weight excluding hydrogens is 466 g/mol. The molecular formula is C27H43NO8. The summed E-state index contributed by atoms with van der Waals surface area (Å²) in [6.07, 6.45) is 5.35. The minimum atomic E-state index is -1.30. The van der Waals surface area contributed by atoms with Gasteiger partial charge in [-0.25, -0.2) is 0 Å². The van der Waals surface area contributed by atoms with Crippen molar-refractivity contribution in [2.75, 3.05) is 0 Å². The third-order valence-corrected chi connectivity index (χ3v) is 11.5. The molecule has 1 heterocycles. The van der Waals surface area contributed by atoms with Gasteiger partial charge in [-0.15, -0.1) is 0 Å². The Bertz CT molecular complexity index is 884. The van der Waals surface area contributed by atoms with Crippen LogP contribution in [0, 0.1) is 44.6 Å². The maximum absolute atomic E-state index is 12.2. The van der Waals surface area contributed by atoms with Crippen LogP contribution in [0.4, 0.5) is 0 Å². The zero-order chi connectivity index (χ0) is 26.0. The Hall–Kier alpha value is -1.10. The molecule has 4 aliphatic carbocycles. The first kappa shape index (κ1) is 26.5. The first-order valence-corrected chi connectivity index (χ1v) is 13.8. The monoisotopic (exact) mass is 509 g/mol. The molecule has 3 unspecified atom stereocenters. The average molecular weight is 510 g/mol. The van der Waals surface area contributed by atoms with Gasteiger partial charge in [-0.3, -0.25) is 10.1 Å². The van der Waals surface area contributed by atoms with Crippen molar-refractivity contribution in [3.8, 4) is 0 Å². The summed E-state index contributed by atoms with van der Waals surface area (Å²) in [6, 6.07) is 0. The van der Waals surface area contributed by atoms with E-state index in [1.54, 1.807) is 13.0 Å². The van der Waals surface area contributed by atoms with Crippen LogP contribution >= 0.6 is 0 Å². The zero-order valence-electron chi connectivity index (χ0n) is 21.7. The summed E-state index contributed by atoms with van der Waals surface area (Å²) >= 11 is 0. The highest BCUT2D eigenvalue weighted by Gasteiger charge is 2.67. The van der Waals surface area contributed by atoms with Gasteiger partial charge in [0.15, 0.2) is 6.29 Å². The van der Waals surface area contributed by atoms with Crippen molar-refractivity contribution in [1.29, 1.82) is 0 Å². The minimum Gasteiger partial charge on any atom is -0.389 e. The number of hydrogen-bond donors (Lipinski definition) is 4. The molecule has 5 rings (SSSR count). The first-order chi connectivity index (χ1) is 16.9. The van der Waals surface area contributed by atoms with Gasteiger partial charge in [-0.2, -0.15) is 0 Å². The molecule has 5 aliphatic rings. The Morgan fingerprint density at radius 2 is 1.72 bits per heavy atom. The van der Waals surface area contributed by atoms with Gasteiger partial charge < -0.3 is 29.9 Å². The van der Waals surface area contributed by atoms with Crippen molar-refractivity contribution < 1.29 is 34.8 Å². The number of ether oxygens (including phenoxy) is 2. The Labute approximate surface area is 213 Å². The summed E-state index contributed by atoms with van der Waals surface area (Å²) in [5.74, 6) is 1.07. The highest BCUT2D eigenvalue weighted by Crippen LogP contribution is 2.69. The van der Waals surface area contributed by atoms with E-state index in [1.807, 2.05) is 0 Å². The van der Waals surface area contributed by atoms with Gasteiger partial charge in [0.05, 0.1) is 22.7 Å². The fourth-order valence-corrected chi connectivity index (χ4v) is 9.15. The summed E-state index contributed by atoms with van der Waals surface area (Å²) in [4.78, 5) is 10.5. The molecule has 4 saturated carbocycles. The fraction of sp³-hybridized carbons (Fsp3) is 0.926. The summed E-state index contributed by atoms with van der Waals surface area (Å²) in [7, 11) is 0. The third-order valence-electron chi connectivity index (χ3n) is 11.5. The molecule has 0 radical (unpaired) electrons. The van der Waals surface area contributed by atoms with Gasteiger partial charge in [0, 0.05) is 5.41 Å². The van der Waals surface area contributed by atoms with E-state index in [0.29, 0.717) is 18.3 Å². The van der Waals surface area contributed by atoms with Gasteiger partial charge in [0.1, 0.15) is 18.3 Å². The lowest BCUT2D eigenvalue weighted by atomic mass is 9.43. The normalized spacial score (nSPS) is 55.1. The second-order valence-corrected chi connectivity index (χ2v) is 12.9. The van der Waals surface area contributed by atoms with Crippen molar-refractivity contribution in [2.24, 2.45) is 34.5 Å². The molecule has 13 atom stereocenters. The predicted molar refractivity (Wildman–Crippen MR) is 130 cm³/mol. The number of aliphatic hydroxyl groups is 4. The maximum Gasteiger partial charge on any atom is 0.230 e. The van der Waals surface area contributed by atoms with Gasteiger partial charge in [0.25, 0.3) is 0 Å². The van der Waals surface area contributed by atoms with Crippen LogP contribution in [0.3, 0.4) is 0 Å². The van der Waals surface area contributed by atoms with E-state index in [-0.39, 0.29) is 28.8 Å². The summed E-state index contributed by atoms with van der Waals surface area (Å²) in [5, 5.41) is 53.6. The van der Waals surface area contributed by atoms with Crippen molar-refractivity contribution in [1.82, 2.24) is 0 Å². The summed E-state index contributed by atoms with van der Waals surface area (Å²) < 4.78 is 11.9. The lowest BCUT2D eigenvalue weighted by Crippen LogP contribution is -2.62. The van der Waals surface area contributed by atoms with Crippen LogP contribution in [0.5, 0.6) is 0 Å². The Morgan fingerprint density at radius 3 is 2.44 bits per heavy atom. The molecule has 0 aromatic rings. The topological polar surface area (TPSA) is 143 Å². The van der Waals surface area contributed by atoms with Crippen molar-refractivity contribution in [2.45, 2.75) is 121 Å². The molecule has 1 saturated heterocycles. The first-order valence-electron chi connectivity index (χ1n) is 13.8. The van der Waals surface area contributed by atoms with Crippen molar-refractivity contribution in [3.63, 3.8) is 0 Å². The number of nitro groups is 1. The van der Waals surface area contributed by atoms with Crippen LogP contribution in [0.25, 0.3) is 0 Å². The van der Waals surface area contributed by atoms with Crippen LogP contribution < -0.4 is 0 Å². The number of aliphatic hydroxyl groups excluding tert-OH is 3. The molecule has 36 heavy (non-hydrogen) atoms. The van der Waals surface area contributed by atoms with E-state index < -0.39 is 41.2 Å². The molecule has 9 nitrogen and oxygen atoms in total. The van der Waals surface area contributed by atoms with Crippen LogP contribution in [0.2, 0.25) is 0 Å². The van der Waals surface area contributed by atoms with Crippen LogP contribution in [0.15, 0.2) is 12.3 Å². The largest absolute Gasteiger partial charge is 0.389 e. The van der Waals surface area contributed by atoms with E-state index >= 15 is 0 Å². The lowest BCUT2D eigenvalue weighted by molar-refractivity contribution is -0.403. The summed E-state index contributed by atoms with van der Waals surface area (Å²) in [5.41, 5.74) is -1.04. The number of nitrogens with zero attached hydrogens (tertiary/aromatic N) is 1. The lowest BCUT2D eigenvalue weighted by Gasteiger charge is -2.63. The summed E-state index contributed by atoms with van der Waals surface area (Å²) in [6.45, 7) is 6.19. The van der Waals surface area contributed by atoms with Crippen molar-refractivity contribution in [3.05, 3.63) is 22.4 Å². The SMILES string of the molecule is C[C@@H]1O[C@@H](OC2CC[C@]3(C)C4CC[C@]5(C)[C@@H](/C=C/[N+](=O)[O-])CC[C@]5(O)C4CC[C@@H]3C2)[C@H](O)[C@H](O)[C@H]1O. The smallest absolute Gasteiger partial charge is 0.230 e. The standard InChI is InChI=1S/C27H43NO8/c1-15-21(29)22(30)23(31)24(35-15)36-18-7-10-25(2)17(14-18)4-5-20-19(25)8-11-26(3)16(9-13-28(33)34)6-12-27(20,26)32/h9,13,15-24,29-32H,4-8,10-12,14H2,1-3H3/b13-9+/t15-,16+,17+,18?,19?,20?,21-,22+,23+,24-,25-,26+,27-/m0/s1. The number of rotatable bonds is 4. The van der Waals surface area contributed by atoms with E-state index in [1.165, 1.54) is 0 Å². The van der Waals surface area contributed by atoms with E-state index in [0.717, 1.165) is 57.6 Å². The Balaban J connectivity index is 1.28. The molecule has 0 amide bonds. The third kappa shape index (κ3) is 3.96. The van der Waals surface area contributed by atoms with Crippen LogP contribution in [-0.4, -0.2) is 67.8 Å². The Morgan fingerprint density at radius 1 is 0.972 bits per heavy atom. The van der Waals surface area contributed by atoms with E-state index in [4.69, 9.17) is 9.47 Å². The minimum absolute atomic E-state index is 0.0293. The molecule has 0 aromatic heterocycles. The second-order valence-electron chi connectivity index (χ2n) is 12.9. The molecule has 9 heteroatoms. The number of allylic oxidation sites excluding steroid dienone is 1.